The predicted molar refractivity (Wildman–Crippen MR) is 71.4 cm³/mol. The van der Waals surface area contributed by atoms with E-state index in [2.05, 4.69) is 17.6 Å². The third-order valence-corrected chi connectivity index (χ3v) is 2.46. The molecular weight excluding hydrogens is 210 g/mol. The molecule has 0 radical (unpaired) electrons. The second-order valence-electron chi connectivity index (χ2n) is 4.29. The Bertz CT molecular complexity index is 531. The van der Waals surface area contributed by atoms with Gasteiger partial charge in [-0.15, -0.1) is 6.58 Å². The molecule has 0 fully saturated rings. The van der Waals surface area contributed by atoms with Gasteiger partial charge in [0.25, 0.3) is 0 Å². The zero-order valence-corrected chi connectivity index (χ0v) is 10.3. The summed E-state index contributed by atoms with van der Waals surface area (Å²) >= 11 is 0. The molecule has 88 valence electrons. The van der Waals surface area contributed by atoms with E-state index in [0.29, 0.717) is 0 Å². The molecule has 0 bridgehead atoms. The smallest absolute Gasteiger partial charge is 0.145 e. The Morgan fingerprint density at radius 3 is 2.82 bits per heavy atom. The van der Waals surface area contributed by atoms with Crippen LogP contribution in [0.4, 0.5) is 0 Å². The van der Waals surface area contributed by atoms with Crippen molar-refractivity contribution >= 4 is 10.9 Å². The molecule has 0 saturated carbocycles. The molecule has 0 spiro atoms. The van der Waals surface area contributed by atoms with Gasteiger partial charge in [-0.2, -0.15) is 0 Å². The van der Waals surface area contributed by atoms with E-state index in [1.807, 2.05) is 44.2 Å². The van der Waals surface area contributed by atoms with Gasteiger partial charge in [0.15, 0.2) is 0 Å². The van der Waals surface area contributed by atoms with Gasteiger partial charge in [-0.1, -0.05) is 24.3 Å². The molecule has 0 aliphatic carbocycles. The van der Waals surface area contributed by atoms with E-state index in [-0.39, 0.29) is 6.10 Å². The average molecular weight is 227 g/mol. The molecule has 1 aromatic carbocycles. The summed E-state index contributed by atoms with van der Waals surface area (Å²) < 4.78 is 5.77. The fourth-order valence-electron chi connectivity index (χ4n) is 1.77. The van der Waals surface area contributed by atoms with Crippen LogP contribution in [0.15, 0.2) is 43.0 Å². The van der Waals surface area contributed by atoms with E-state index in [1.54, 1.807) is 0 Å². The Labute approximate surface area is 102 Å². The lowest BCUT2D eigenvalue weighted by Crippen LogP contribution is -2.06. The molecule has 0 N–H and O–H groups in total. The normalized spacial score (nSPS) is 10.8. The molecule has 0 aliphatic rings. The zero-order valence-electron chi connectivity index (χ0n) is 10.3. The first-order valence-corrected chi connectivity index (χ1v) is 5.87. The van der Waals surface area contributed by atoms with Gasteiger partial charge in [0, 0.05) is 17.5 Å². The largest absolute Gasteiger partial charge is 0.489 e. The van der Waals surface area contributed by atoms with E-state index < -0.39 is 0 Å². The summed E-state index contributed by atoms with van der Waals surface area (Å²) in [4.78, 5) is 4.62. The molecule has 0 saturated heterocycles. The highest BCUT2D eigenvalue weighted by molar-refractivity contribution is 5.84. The number of benzene rings is 1. The molecule has 17 heavy (non-hydrogen) atoms. The van der Waals surface area contributed by atoms with E-state index in [0.717, 1.165) is 28.8 Å². The van der Waals surface area contributed by atoms with Crippen molar-refractivity contribution in [2.45, 2.75) is 26.4 Å². The van der Waals surface area contributed by atoms with E-state index in [9.17, 15) is 0 Å². The van der Waals surface area contributed by atoms with Crippen LogP contribution in [-0.4, -0.2) is 11.1 Å². The van der Waals surface area contributed by atoms with Crippen LogP contribution >= 0.6 is 0 Å². The van der Waals surface area contributed by atoms with Gasteiger partial charge in [0.2, 0.25) is 0 Å². The van der Waals surface area contributed by atoms with Gasteiger partial charge in [-0.25, -0.2) is 4.98 Å². The first-order chi connectivity index (χ1) is 8.20. The Hall–Kier alpha value is -1.83. The summed E-state index contributed by atoms with van der Waals surface area (Å²) in [5.41, 5.74) is 1.95. The standard InChI is InChI=1S/C15H17NO/c1-4-6-13-10-9-12-7-5-8-14(15(12)16-13)17-11(2)3/h4-5,7-11H,1,6H2,2-3H3. The van der Waals surface area contributed by atoms with Crippen LogP contribution in [0.2, 0.25) is 0 Å². The number of para-hydroxylation sites is 1. The number of ether oxygens (including phenoxy) is 1. The van der Waals surface area contributed by atoms with Gasteiger partial charge < -0.3 is 4.74 Å². The van der Waals surface area contributed by atoms with Crippen molar-refractivity contribution in [3.63, 3.8) is 0 Å². The average Bonchev–Trinajstić information content (AvgIpc) is 2.29. The Kier molecular flexibility index (Phi) is 3.43. The summed E-state index contributed by atoms with van der Waals surface area (Å²) in [7, 11) is 0. The van der Waals surface area contributed by atoms with Crippen molar-refractivity contribution in [3.8, 4) is 5.75 Å². The van der Waals surface area contributed by atoms with Crippen molar-refractivity contribution in [1.82, 2.24) is 4.98 Å². The first kappa shape index (κ1) is 11.6. The molecule has 1 heterocycles. The van der Waals surface area contributed by atoms with Gasteiger partial charge in [-0.3, -0.25) is 0 Å². The lowest BCUT2D eigenvalue weighted by molar-refractivity contribution is 0.245. The zero-order chi connectivity index (χ0) is 12.3. The number of hydrogen-bond acceptors (Lipinski definition) is 2. The number of pyridine rings is 1. The van der Waals surface area contributed by atoms with Crippen LogP contribution in [-0.2, 0) is 6.42 Å². The number of fused-ring (bicyclic) bond motifs is 1. The molecule has 2 heteroatoms. The monoisotopic (exact) mass is 227 g/mol. The minimum absolute atomic E-state index is 0.158. The minimum Gasteiger partial charge on any atom is -0.489 e. The molecular formula is C15H17NO. The number of allylic oxidation sites excluding steroid dienone is 1. The summed E-state index contributed by atoms with van der Waals surface area (Å²) in [5, 5.41) is 1.11. The van der Waals surface area contributed by atoms with Crippen molar-refractivity contribution in [2.24, 2.45) is 0 Å². The van der Waals surface area contributed by atoms with Crippen LogP contribution in [0.25, 0.3) is 10.9 Å². The quantitative estimate of drug-likeness (QED) is 0.742. The van der Waals surface area contributed by atoms with Gasteiger partial charge in [0.1, 0.15) is 11.3 Å². The van der Waals surface area contributed by atoms with Crippen LogP contribution in [0.3, 0.4) is 0 Å². The van der Waals surface area contributed by atoms with Crippen molar-refractivity contribution < 1.29 is 4.74 Å². The van der Waals surface area contributed by atoms with E-state index in [4.69, 9.17) is 4.74 Å². The number of rotatable bonds is 4. The maximum Gasteiger partial charge on any atom is 0.145 e. The second-order valence-corrected chi connectivity index (χ2v) is 4.29. The lowest BCUT2D eigenvalue weighted by atomic mass is 10.1. The highest BCUT2D eigenvalue weighted by Gasteiger charge is 2.05. The molecule has 1 aromatic heterocycles. The summed E-state index contributed by atoms with van der Waals surface area (Å²) in [6, 6.07) is 10.1. The molecule has 2 aromatic rings. The molecule has 2 rings (SSSR count). The highest BCUT2D eigenvalue weighted by atomic mass is 16.5. The van der Waals surface area contributed by atoms with Gasteiger partial charge >= 0.3 is 0 Å². The van der Waals surface area contributed by atoms with Gasteiger partial charge in [0.05, 0.1) is 6.10 Å². The lowest BCUT2D eigenvalue weighted by Gasteiger charge is -2.12. The number of nitrogens with zero attached hydrogens (tertiary/aromatic N) is 1. The third kappa shape index (κ3) is 2.64. The topological polar surface area (TPSA) is 22.1 Å². The highest BCUT2D eigenvalue weighted by Crippen LogP contribution is 2.25. The maximum absolute atomic E-state index is 5.77. The third-order valence-electron chi connectivity index (χ3n) is 2.46. The van der Waals surface area contributed by atoms with E-state index in [1.165, 1.54) is 0 Å². The maximum atomic E-state index is 5.77. The summed E-state index contributed by atoms with van der Waals surface area (Å²) in [5.74, 6) is 0.850. The van der Waals surface area contributed by atoms with E-state index >= 15 is 0 Å². The SMILES string of the molecule is C=CCc1ccc2cccc(OC(C)C)c2n1. The summed E-state index contributed by atoms with van der Waals surface area (Å²) in [6.45, 7) is 7.78. The number of hydrogen-bond donors (Lipinski definition) is 0. The van der Waals surface area contributed by atoms with Crippen molar-refractivity contribution in [1.29, 1.82) is 0 Å². The minimum atomic E-state index is 0.158. The Morgan fingerprint density at radius 2 is 2.12 bits per heavy atom. The van der Waals surface area contributed by atoms with Crippen LogP contribution in [0.1, 0.15) is 19.5 Å². The summed E-state index contributed by atoms with van der Waals surface area (Å²) in [6.07, 6.45) is 2.80. The fourth-order valence-corrected chi connectivity index (χ4v) is 1.77. The fraction of sp³-hybridized carbons (Fsp3) is 0.267. The Morgan fingerprint density at radius 1 is 1.29 bits per heavy atom. The van der Waals surface area contributed by atoms with Gasteiger partial charge in [-0.05, 0) is 26.0 Å². The van der Waals surface area contributed by atoms with Crippen LogP contribution in [0, 0.1) is 0 Å². The second kappa shape index (κ2) is 5.00. The van der Waals surface area contributed by atoms with Crippen LogP contribution in [0.5, 0.6) is 5.75 Å². The predicted octanol–water partition coefficient (Wildman–Crippen LogP) is 3.75. The molecule has 0 atom stereocenters. The first-order valence-electron chi connectivity index (χ1n) is 5.87. The molecule has 0 amide bonds. The molecule has 0 unspecified atom stereocenters. The molecule has 0 aliphatic heterocycles. The number of aromatic nitrogens is 1. The van der Waals surface area contributed by atoms with Crippen LogP contribution < -0.4 is 4.74 Å². The van der Waals surface area contributed by atoms with Crippen molar-refractivity contribution in [3.05, 3.63) is 48.7 Å². The van der Waals surface area contributed by atoms with Crippen molar-refractivity contribution in [2.75, 3.05) is 0 Å². The Balaban J connectivity index is 2.51. The molecule has 2 nitrogen and oxygen atoms in total.